The second kappa shape index (κ2) is 7.33. The predicted octanol–water partition coefficient (Wildman–Crippen LogP) is 3.71. The van der Waals surface area contributed by atoms with Gasteiger partial charge in [0, 0.05) is 56.1 Å². The zero-order valence-corrected chi connectivity index (χ0v) is 15.1. The molecule has 0 radical (unpaired) electrons. The Morgan fingerprint density at radius 3 is 2.46 bits per heavy atom. The first kappa shape index (κ1) is 17.6. The van der Waals surface area contributed by atoms with Crippen molar-refractivity contribution in [3.8, 4) is 0 Å². The number of amides is 1. The van der Waals surface area contributed by atoms with Crippen molar-refractivity contribution in [3.63, 3.8) is 0 Å². The number of alkyl halides is 2. The zero-order chi connectivity index (χ0) is 17.2. The largest absolute Gasteiger partial charge is 0.357 e. The standard InChI is InChI=1S/C17H22BrF2N3O/c18-14-1-2-15(21-12-14)22-7-3-13(4-8-22)11-16(24)23-9-5-17(19,20)6-10-23/h1-2,12-13H,3-11H2. The van der Waals surface area contributed by atoms with Gasteiger partial charge in [0.25, 0.3) is 5.92 Å². The third kappa shape index (κ3) is 4.43. The average Bonchev–Trinajstić information content (AvgIpc) is 2.56. The van der Waals surface area contributed by atoms with Crippen molar-refractivity contribution in [2.24, 2.45) is 5.92 Å². The fourth-order valence-corrected chi connectivity index (χ4v) is 3.62. The van der Waals surface area contributed by atoms with E-state index in [9.17, 15) is 13.6 Å². The summed E-state index contributed by atoms with van der Waals surface area (Å²) in [6.07, 6.45) is 3.74. The smallest absolute Gasteiger partial charge is 0.251 e. The van der Waals surface area contributed by atoms with E-state index in [-0.39, 0.29) is 31.8 Å². The normalized spacial score (nSPS) is 21.8. The number of aromatic nitrogens is 1. The molecule has 0 aliphatic carbocycles. The number of halogens is 3. The van der Waals surface area contributed by atoms with Crippen molar-refractivity contribution in [1.29, 1.82) is 0 Å². The molecular formula is C17H22BrF2N3O. The monoisotopic (exact) mass is 401 g/mol. The van der Waals surface area contributed by atoms with Gasteiger partial charge < -0.3 is 9.80 Å². The van der Waals surface area contributed by atoms with Gasteiger partial charge in [0.1, 0.15) is 5.82 Å². The molecule has 4 nitrogen and oxygen atoms in total. The molecule has 3 rings (SSSR count). The van der Waals surface area contributed by atoms with E-state index in [1.807, 2.05) is 12.1 Å². The second-order valence-corrected chi connectivity index (χ2v) is 7.62. The fraction of sp³-hybridized carbons (Fsp3) is 0.647. The van der Waals surface area contributed by atoms with E-state index in [1.165, 1.54) is 0 Å². The summed E-state index contributed by atoms with van der Waals surface area (Å²) in [5.41, 5.74) is 0. The van der Waals surface area contributed by atoms with Gasteiger partial charge in [-0.05, 0) is 46.8 Å². The van der Waals surface area contributed by atoms with Crippen molar-refractivity contribution in [3.05, 3.63) is 22.8 Å². The van der Waals surface area contributed by atoms with Gasteiger partial charge in [0.05, 0.1) is 0 Å². The van der Waals surface area contributed by atoms with Crippen LogP contribution in [0, 0.1) is 5.92 Å². The van der Waals surface area contributed by atoms with E-state index in [1.54, 1.807) is 11.1 Å². The SMILES string of the molecule is O=C(CC1CCN(c2ccc(Br)cn2)CC1)N1CCC(F)(F)CC1. The number of piperidine rings is 2. The number of carbonyl (C=O) groups excluding carboxylic acids is 1. The summed E-state index contributed by atoms with van der Waals surface area (Å²) in [4.78, 5) is 20.6. The van der Waals surface area contributed by atoms with Crippen LogP contribution in [-0.2, 0) is 4.79 Å². The summed E-state index contributed by atoms with van der Waals surface area (Å²) in [5, 5.41) is 0. The highest BCUT2D eigenvalue weighted by atomic mass is 79.9. The van der Waals surface area contributed by atoms with Crippen molar-refractivity contribution in [2.75, 3.05) is 31.1 Å². The van der Waals surface area contributed by atoms with Crippen LogP contribution in [0.5, 0.6) is 0 Å². The number of carbonyl (C=O) groups is 1. The minimum absolute atomic E-state index is 0.0331. The van der Waals surface area contributed by atoms with Crippen LogP contribution in [0.4, 0.5) is 14.6 Å². The Bertz CT molecular complexity index is 564. The number of hydrogen-bond acceptors (Lipinski definition) is 3. The van der Waals surface area contributed by atoms with E-state index in [0.29, 0.717) is 12.3 Å². The zero-order valence-electron chi connectivity index (χ0n) is 13.6. The topological polar surface area (TPSA) is 36.4 Å². The Balaban J connectivity index is 1.45. The van der Waals surface area contributed by atoms with Crippen LogP contribution < -0.4 is 4.90 Å². The lowest BCUT2D eigenvalue weighted by molar-refractivity contribution is -0.138. The Morgan fingerprint density at radius 1 is 1.21 bits per heavy atom. The van der Waals surface area contributed by atoms with Crippen LogP contribution in [-0.4, -0.2) is 47.9 Å². The molecule has 1 aromatic rings. The van der Waals surface area contributed by atoms with Gasteiger partial charge in [-0.3, -0.25) is 4.79 Å². The molecule has 2 fully saturated rings. The molecule has 24 heavy (non-hydrogen) atoms. The molecule has 0 N–H and O–H groups in total. The van der Waals surface area contributed by atoms with Crippen molar-refractivity contribution in [1.82, 2.24) is 9.88 Å². The Hall–Kier alpha value is -1.24. The van der Waals surface area contributed by atoms with Gasteiger partial charge in [-0.15, -0.1) is 0 Å². The molecular weight excluding hydrogens is 380 g/mol. The first-order valence-corrected chi connectivity index (χ1v) is 9.24. The first-order chi connectivity index (χ1) is 11.4. The average molecular weight is 402 g/mol. The number of likely N-dealkylation sites (tertiary alicyclic amines) is 1. The van der Waals surface area contributed by atoms with Crippen molar-refractivity contribution < 1.29 is 13.6 Å². The number of pyridine rings is 1. The molecule has 0 saturated carbocycles. The number of anilines is 1. The van der Waals surface area contributed by atoms with Gasteiger partial charge >= 0.3 is 0 Å². The van der Waals surface area contributed by atoms with Gasteiger partial charge in [-0.25, -0.2) is 13.8 Å². The Labute approximate surface area is 149 Å². The van der Waals surface area contributed by atoms with E-state index in [0.717, 1.165) is 36.2 Å². The minimum atomic E-state index is -2.60. The highest BCUT2D eigenvalue weighted by Crippen LogP contribution is 2.29. The van der Waals surface area contributed by atoms with E-state index >= 15 is 0 Å². The summed E-state index contributed by atoms with van der Waals surface area (Å²) < 4.78 is 27.3. The molecule has 2 aliphatic heterocycles. The van der Waals surface area contributed by atoms with Gasteiger partial charge in [-0.1, -0.05) is 0 Å². The summed E-state index contributed by atoms with van der Waals surface area (Å²) in [6, 6.07) is 3.97. The van der Waals surface area contributed by atoms with Crippen LogP contribution in [0.2, 0.25) is 0 Å². The molecule has 2 saturated heterocycles. The molecule has 1 amide bonds. The number of hydrogen-bond donors (Lipinski definition) is 0. The molecule has 2 aliphatic rings. The summed E-state index contributed by atoms with van der Waals surface area (Å²) in [5.74, 6) is -1.27. The van der Waals surface area contributed by atoms with E-state index in [2.05, 4.69) is 25.8 Å². The van der Waals surface area contributed by atoms with Crippen LogP contribution in [0.25, 0.3) is 0 Å². The highest BCUT2D eigenvalue weighted by molar-refractivity contribution is 9.10. The molecule has 0 atom stereocenters. The molecule has 1 aromatic heterocycles. The molecule has 0 bridgehead atoms. The summed E-state index contributed by atoms with van der Waals surface area (Å²) >= 11 is 3.38. The fourth-order valence-electron chi connectivity index (χ4n) is 3.38. The Morgan fingerprint density at radius 2 is 1.88 bits per heavy atom. The van der Waals surface area contributed by atoms with Gasteiger partial charge in [0.2, 0.25) is 5.91 Å². The van der Waals surface area contributed by atoms with Gasteiger partial charge in [0.15, 0.2) is 0 Å². The van der Waals surface area contributed by atoms with Crippen LogP contribution in [0.1, 0.15) is 32.1 Å². The lowest BCUT2D eigenvalue weighted by Crippen LogP contribution is -2.44. The second-order valence-electron chi connectivity index (χ2n) is 6.71. The molecule has 0 aromatic carbocycles. The molecule has 3 heterocycles. The van der Waals surface area contributed by atoms with E-state index in [4.69, 9.17) is 0 Å². The third-order valence-corrected chi connectivity index (χ3v) is 5.43. The summed E-state index contributed by atoms with van der Waals surface area (Å²) in [6.45, 7) is 2.14. The van der Waals surface area contributed by atoms with Gasteiger partial charge in [-0.2, -0.15) is 0 Å². The molecule has 7 heteroatoms. The highest BCUT2D eigenvalue weighted by Gasteiger charge is 2.36. The van der Waals surface area contributed by atoms with Crippen LogP contribution >= 0.6 is 15.9 Å². The summed E-state index contributed by atoms with van der Waals surface area (Å²) in [7, 11) is 0. The number of rotatable bonds is 3. The lowest BCUT2D eigenvalue weighted by Gasteiger charge is -2.35. The maximum absolute atomic E-state index is 13.2. The lowest BCUT2D eigenvalue weighted by atomic mass is 9.92. The maximum Gasteiger partial charge on any atom is 0.251 e. The third-order valence-electron chi connectivity index (χ3n) is 4.96. The van der Waals surface area contributed by atoms with Crippen molar-refractivity contribution >= 4 is 27.7 Å². The molecule has 0 spiro atoms. The molecule has 132 valence electrons. The predicted molar refractivity (Wildman–Crippen MR) is 92.3 cm³/mol. The first-order valence-electron chi connectivity index (χ1n) is 8.45. The minimum Gasteiger partial charge on any atom is -0.357 e. The van der Waals surface area contributed by atoms with Crippen LogP contribution in [0.15, 0.2) is 22.8 Å². The van der Waals surface area contributed by atoms with E-state index < -0.39 is 5.92 Å². The van der Waals surface area contributed by atoms with Crippen molar-refractivity contribution in [2.45, 2.75) is 38.0 Å². The van der Waals surface area contributed by atoms with Crippen LogP contribution in [0.3, 0.4) is 0 Å². The molecule has 0 unspecified atom stereocenters. The number of nitrogens with zero attached hydrogens (tertiary/aromatic N) is 3. The maximum atomic E-state index is 13.2. The Kier molecular flexibility index (Phi) is 5.37. The quantitative estimate of drug-likeness (QED) is 0.774.